The van der Waals surface area contributed by atoms with Gasteiger partial charge >= 0.3 is 0 Å². The molecule has 0 spiro atoms. The van der Waals surface area contributed by atoms with Crippen LogP contribution in [0.3, 0.4) is 0 Å². The van der Waals surface area contributed by atoms with Crippen molar-refractivity contribution in [3.8, 4) is 5.88 Å². The van der Waals surface area contributed by atoms with E-state index in [0.29, 0.717) is 11.8 Å². The topological polar surface area (TPSA) is 47.3 Å². The summed E-state index contributed by atoms with van der Waals surface area (Å²) in [5.74, 6) is 1.26. The van der Waals surface area contributed by atoms with Gasteiger partial charge < -0.3 is 9.84 Å². The van der Waals surface area contributed by atoms with Gasteiger partial charge in [0.15, 0.2) is 0 Å². The van der Waals surface area contributed by atoms with Crippen LogP contribution in [0.15, 0.2) is 0 Å². The first-order valence-electron chi connectivity index (χ1n) is 5.72. The van der Waals surface area contributed by atoms with Crippen LogP contribution in [0.2, 0.25) is 0 Å². The van der Waals surface area contributed by atoms with Crippen LogP contribution < -0.4 is 4.74 Å². The molecule has 1 rings (SSSR count). The molecule has 0 amide bonds. The standard InChI is InChI=1S/C12H22N2O2/c1-8(2)6-7-10(15)11-9(3)13-14(4)12(11)16-5/h8,10,15H,6-7H2,1-5H3. The number of aryl methyl sites for hydroxylation is 2. The molecule has 4 nitrogen and oxygen atoms in total. The molecule has 0 aliphatic carbocycles. The monoisotopic (exact) mass is 226 g/mol. The van der Waals surface area contributed by atoms with Crippen molar-refractivity contribution in [1.82, 2.24) is 9.78 Å². The first-order valence-corrected chi connectivity index (χ1v) is 5.72. The fourth-order valence-corrected chi connectivity index (χ4v) is 1.91. The predicted octanol–water partition coefficient (Wildman–Crippen LogP) is 2.21. The maximum Gasteiger partial charge on any atom is 0.217 e. The van der Waals surface area contributed by atoms with E-state index in [9.17, 15) is 5.11 Å². The fraction of sp³-hybridized carbons (Fsp3) is 0.750. The molecule has 0 saturated heterocycles. The summed E-state index contributed by atoms with van der Waals surface area (Å²) in [7, 11) is 3.43. The molecular formula is C12H22N2O2. The van der Waals surface area contributed by atoms with Gasteiger partial charge in [-0.1, -0.05) is 13.8 Å². The second kappa shape index (κ2) is 5.34. The van der Waals surface area contributed by atoms with Crippen LogP contribution in [0.5, 0.6) is 5.88 Å². The first-order chi connectivity index (χ1) is 7.47. The maximum absolute atomic E-state index is 10.1. The summed E-state index contributed by atoms with van der Waals surface area (Å²) >= 11 is 0. The molecule has 92 valence electrons. The lowest BCUT2D eigenvalue weighted by atomic mass is 10.0. The van der Waals surface area contributed by atoms with Gasteiger partial charge in [0.05, 0.1) is 24.5 Å². The molecule has 0 bridgehead atoms. The van der Waals surface area contributed by atoms with Gasteiger partial charge in [0.25, 0.3) is 0 Å². The van der Waals surface area contributed by atoms with Crippen molar-refractivity contribution in [2.45, 2.75) is 39.7 Å². The van der Waals surface area contributed by atoms with E-state index in [-0.39, 0.29) is 0 Å². The van der Waals surface area contributed by atoms with Gasteiger partial charge in [-0.2, -0.15) is 5.10 Å². The van der Waals surface area contributed by atoms with E-state index in [1.807, 2.05) is 14.0 Å². The minimum atomic E-state index is -0.481. The van der Waals surface area contributed by atoms with Crippen molar-refractivity contribution in [2.24, 2.45) is 13.0 Å². The van der Waals surface area contributed by atoms with Gasteiger partial charge in [-0.05, 0) is 25.7 Å². The van der Waals surface area contributed by atoms with E-state index in [1.54, 1.807) is 11.8 Å². The zero-order valence-electron chi connectivity index (χ0n) is 10.8. The van der Waals surface area contributed by atoms with Crippen LogP contribution in [0.1, 0.15) is 44.1 Å². The van der Waals surface area contributed by atoms with Crippen LogP contribution in [-0.4, -0.2) is 22.0 Å². The molecule has 1 atom stereocenters. The largest absolute Gasteiger partial charge is 0.481 e. The van der Waals surface area contributed by atoms with Gasteiger partial charge in [0.2, 0.25) is 5.88 Å². The minimum Gasteiger partial charge on any atom is -0.481 e. The second-order valence-electron chi connectivity index (χ2n) is 4.62. The minimum absolute atomic E-state index is 0.481. The third-order valence-electron chi connectivity index (χ3n) is 2.76. The Morgan fingerprint density at radius 1 is 1.38 bits per heavy atom. The molecule has 1 aromatic rings. The van der Waals surface area contributed by atoms with Crippen molar-refractivity contribution in [1.29, 1.82) is 0 Å². The van der Waals surface area contributed by atoms with Crippen LogP contribution in [0.4, 0.5) is 0 Å². The molecule has 1 aromatic heterocycles. The molecule has 0 radical (unpaired) electrons. The van der Waals surface area contributed by atoms with Crippen molar-refractivity contribution in [3.63, 3.8) is 0 Å². The van der Waals surface area contributed by atoms with Crippen LogP contribution in [0.25, 0.3) is 0 Å². The molecule has 4 heteroatoms. The Balaban J connectivity index is 2.85. The van der Waals surface area contributed by atoms with E-state index >= 15 is 0 Å². The van der Waals surface area contributed by atoms with Crippen molar-refractivity contribution in [3.05, 3.63) is 11.3 Å². The Hall–Kier alpha value is -1.03. The number of aliphatic hydroxyl groups is 1. The normalized spacial score (nSPS) is 13.2. The molecular weight excluding hydrogens is 204 g/mol. The maximum atomic E-state index is 10.1. The molecule has 1 N–H and O–H groups in total. The Labute approximate surface area is 97.2 Å². The highest BCUT2D eigenvalue weighted by molar-refractivity contribution is 5.33. The smallest absolute Gasteiger partial charge is 0.217 e. The number of ether oxygens (including phenoxy) is 1. The van der Waals surface area contributed by atoms with Crippen LogP contribution >= 0.6 is 0 Å². The molecule has 1 unspecified atom stereocenters. The van der Waals surface area contributed by atoms with Crippen LogP contribution in [0, 0.1) is 12.8 Å². The summed E-state index contributed by atoms with van der Waals surface area (Å²) in [4.78, 5) is 0. The first kappa shape index (κ1) is 13.0. The number of methoxy groups -OCH3 is 1. The predicted molar refractivity (Wildman–Crippen MR) is 63.5 cm³/mol. The van der Waals surface area contributed by atoms with E-state index in [1.165, 1.54) is 0 Å². The van der Waals surface area contributed by atoms with Crippen molar-refractivity contribution >= 4 is 0 Å². The lowest BCUT2D eigenvalue weighted by molar-refractivity contribution is 0.154. The average Bonchev–Trinajstić information content (AvgIpc) is 2.49. The fourth-order valence-electron chi connectivity index (χ4n) is 1.91. The number of hydrogen-bond acceptors (Lipinski definition) is 3. The molecule has 0 aromatic carbocycles. The molecule has 0 fully saturated rings. The highest BCUT2D eigenvalue weighted by Crippen LogP contribution is 2.31. The Kier molecular flexibility index (Phi) is 4.35. The molecule has 0 aliphatic heterocycles. The summed E-state index contributed by atoms with van der Waals surface area (Å²) in [6.07, 6.45) is 1.27. The lowest BCUT2D eigenvalue weighted by Crippen LogP contribution is -2.03. The Bertz CT molecular complexity index is 345. The third kappa shape index (κ3) is 2.76. The van der Waals surface area contributed by atoms with Gasteiger partial charge in [-0.3, -0.25) is 0 Å². The van der Waals surface area contributed by atoms with Crippen molar-refractivity contribution in [2.75, 3.05) is 7.11 Å². The summed E-state index contributed by atoms with van der Waals surface area (Å²) < 4.78 is 6.94. The summed E-state index contributed by atoms with van der Waals surface area (Å²) in [5.41, 5.74) is 1.67. The summed E-state index contributed by atoms with van der Waals surface area (Å²) in [5, 5.41) is 14.4. The van der Waals surface area contributed by atoms with Gasteiger partial charge in [0, 0.05) is 7.05 Å². The molecule has 0 aliphatic rings. The zero-order valence-corrected chi connectivity index (χ0v) is 10.8. The Morgan fingerprint density at radius 3 is 2.50 bits per heavy atom. The van der Waals surface area contributed by atoms with Crippen LogP contribution in [-0.2, 0) is 7.05 Å². The number of nitrogens with zero attached hydrogens (tertiary/aromatic N) is 2. The highest BCUT2D eigenvalue weighted by atomic mass is 16.5. The number of aromatic nitrogens is 2. The summed E-state index contributed by atoms with van der Waals surface area (Å²) in [6.45, 7) is 6.20. The quantitative estimate of drug-likeness (QED) is 0.837. The zero-order chi connectivity index (χ0) is 12.3. The average molecular weight is 226 g/mol. The van der Waals surface area contributed by atoms with Gasteiger partial charge in [-0.25, -0.2) is 4.68 Å². The van der Waals surface area contributed by atoms with E-state index < -0.39 is 6.10 Å². The highest BCUT2D eigenvalue weighted by Gasteiger charge is 2.21. The van der Waals surface area contributed by atoms with Gasteiger partial charge in [0.1, 0.15) is 0 Å². The Morgan fingerprint density at radius 2 is 2.00 bits per heavy atom. The number of aliphatic hydroxyl groups excluding tert-OH is 1. The lowest BCUT2D eigenvalue weighted by Gasteiger charge is -2.13. The SMILES string of the molecule is COc1c(C(O)CCC(C)C)c(C)nn1C. The van der Waals surface area contributed by atoms with E-state index in [0.717, 1.165) is 24.1 Å². The third-order valence-corrected chi connectivity index (χ3v) is 2.76. The van der Waals surface area contributed by atoms with Crippen molar-refractivity contribution < 1.29 is 9.84 Å². The molecule has 16 heavy (non-hydrogen) atoms. The molecule has 1 heterocycles. The van der Waals surface area contributed by atoms with E-state index in [2.05, 4.69) is 18.9 Å². The second-order valence-corrected chi connectivity index (χ2v) is 4.62. The summed E-state index contributed by atoms with van der Waals surface area (Å²) in [6, 6.07) is 0. The number of hydrogen-bond donors (Lipinski definition) is 1. The number of rotatable bonds is 5. The van der Waals surface area contributed by atoms with Gasteiger partial charge in [-0.15, -0.1) is 0 Å². The molecule has 0 saturated carbocycles. The van der Waals surface area contributed by atoms with E-state index in [4.69, 9.17) is 4.74 Å².